The maximum atomic E-state index is 15.6. The van der Waals surface area contributed by atoms with E-state index in [1.807, 2.05) is 25.3 Å². The molecule has 3 aromatic heterocycles. The summed E-state index contributed by atoms with van der Waals surface area (Å²) < 4.78 is 41.9. The zero-order valence-electron chi connectivity index (χ0n) is 26.0. The maximum absolute atomic E-state index is 15.6. The van der Waals surface area contributed by atoms with Gasteiger partial charge >= 0.3 is 5.97 Å². The third-order valence-electron chi connectivity index (χ3n) is 8.76. The van der Waals surface area contributed by atoms with Gasteiger partial charge in [-0.15, -0.1) is 0 Å². The molecular formula is C36H36FN3O4S2. The second-order valence-electron chi connectivity index (χ2n) is 11.9. The Morgan fingerprint density at radius 1 is 1.15 bits per heavy atom. The van der Waals surface area contributed by atoms with Gasteiger partial charge in [0.05, 0.1) is 28.8 Å². The largest absolute Gasteiger partial charge is 0.465 e. The molecule has 238 valence electrons. The number of nitrogens with one attached hydrogen (secondary N) is 1. The molecule has 6 aromatic rings. The highest BCUT2D eigenvalue weighted by Crippen LogP contribution is 2.47. The summed E-state index contributed by atoms with van der Waals surface area (Å²) in [5.41, 5.74) is 3.81. The first-order chi connectivity index (χ1) is 22.1. The Hall–Kier alpha value is -4.12. The molecule has 1 aliphatic carbocycles. The predicted octanol–water partition coefficient (Wildman–Crippen LogP) is 7.33. The van der Waals surface area contributed by atoms with E-state index in [1.165, 1.54) is 13.2 Å². The number of aromatic nitrogens is 3. The molecule has 0 aliphatic heterocycles. The molecule has 4 unspecified atom stereocenters. The molecule has 0 amide bonds. The van der Waals surface area contributed by atoms with Crippen LogP contribution in [0.5, 0.6) is 0 Å². The van der Waals surface area contributed by atoms with Gasteiger partial charge in [0.25, 0.3) is 0 Å². The van der Waals surface area contributed by atoms with E-state index in [0.29, 0.717) is 50.7 Å². The highest BCUT2D eigenvalue weighted by Gasteiger charge is 2.39. The summed E-state index contributed by atoms with van der Waals surface area (Å²) in [6.45, 7) is 6.96. The third-order valence-corrected chi connectivity index (χ3v) is 10.4. The van der Waals surface area contributed by atoms with Crippen LogP contribution in [0.25, 0.3) is 50.5 Å². The molecule has 10 heteroatoms. The number of benzene rings is 3. The number of rotatable bonds is 8. The zero-order chi connectivity index (χ0) is 32.7. The van der Waals surface area contributed by atoms with Crippen LogP contribution in [0.15, 0.2) is 71.9 Å². The van der Waals surface area contributed by atoms with Crippen LogP contribution < -0.4 is 5.22 Å². The van der Waals surface area contributed by atoms with E-state index in [1.54, 1.807) is 42.6 Å². The molecule has 0 spiro atoms. The number of carbonyl (C=O) groups is 1. The number of hydrogen-bond acceptors (Lipinski definition) is 4. The minimum absolute atomic E-state index is 0.164. The van der Waals surface area contributed by atoms with Crippen molar-refractivity contribution in [2.45, 2.75) is 31.2 Å². The second kappa shape index (κ2) is 12.9. The summed E-state index contributed by atoms with van der Waals surface area (Å²) in [5, 5.41) is 4.28. The molecule has 1 fully saturated rings. The Morgan fingerprint density at radius 2 is 1.91 bits per heavy atom. The number of fused-ring (bicyclic) bond motifs is 2. The standard InChI is InChI=1S/C30H30FN3O2S.C6H6O2S/c1-16-6-7-20(23(31)12-16)27-26(30(35)36-3)24-17(2)22-14-33-29-25(22)21(8-10-32-29)28(24)34(27)15-19-13-18(19)9-11-37(4)5;7-9(8)6-4-2-1-3-5-6/h6-8,10,12,14,18-19H,2,4,9,11,13,15H2,1,3,5H3,(H,32,33);1-5H,(H,7,8). The van der Waals surface area contributed by atoms with E-state index in [2.05, 4.69) is 33.2 Å². The van der Waals surface area contributed by atoms with Crippen molar-refractivity contribution in [3.63, 3.8) is 0 Å². The van der Waals surface area contributed by atoms with E-state index < -0.39 is 17.0 Å². The van der Waals surface area contributed by atoms with Crippen molar-refractivity contribution in [1.82, 2.24) is 14.5 Å². The number of methoxy groups -OCH3 is 1. The summed E-state index contributed by atoms with van der Waals surface area (Å²) in [6.07, 6.45) is 8.09. The predicted molar refractivity (Wildman–Crippen MR) is 189 cm³/mol. The van der Waals surface area contributed by atoms with Crippen LogP contribution in [0, 0.1) is 24.6 Å². The zero-order valence-corrected chi connectivity index (χ0v) is 27.6. The number of H-pyrrole nitrogens is 1. The first-order valence-corrected chi connectivity index (χ1v) is 18.0. The first-order valence-electron chi connectivity index (χ1n) is 15.0. The van der Waals surface area contributed by atoms with Gasteiger partial charge in [-0.2, -0.15) is 10.5 Å². The van der Waals surface area contributed by atoms with Crippen LogP contribution in [0.4, 0.5) is 4.39 Å². The molecule has 0 saturated heterocycles. The molecule has 4 atom stereocenters. The van der Waals surface area contributed by atoms with Crippen molar-refractivity contribution in [3.05, 3.63) is 89.2 Å². The topological polar surface area (TPSA) is 97.2 Å². The van der Waals surface area contributed by atoms with Crippen molar-refractivity contribution >= 4 is 72.7 Å². The van der Waals surface area contributed by atoms with Gasteiger partial charge in [0.1, 0.15) is 11.5 Å². The minimum Gasteiger partial charge on any atom is -0.465 e. The number of nitrogens with zero attached hydrogens (tertiary/aromatic N) is 2. The van der Waals surface area contributed by atoms with Crippen molar-refractivity contribution in [1.29, 1.82) is 0 Å². The molecule has 3 heterocycles. The number of aromatic amines is 1. The summed E-state index contributed by atoms with van der Waals surface area (Å²) in [7, 11) is 1.54. The van der Waals surface area contributed by atoms with Crippen molar-refractivity contribution in [2.24, 2.45) is 11.8 Å². The van der Waals surface area contributed by atoms with Crippen LogP contribution >= 0.6 is 10.5 Å². The van der Waals surface area contributed by atoms with Crippen molar-refractivity contribution in [3.8, 4) is 11.3 Å². The van der Waals surface area contributed by atoms with Gasteiger partial charge in [0.15, 0.2) is 11.1 Å². The van der Waals surface area contributed by atoms with Gasteiger partial charge in [-0.25, -0.2) is 18.4 Å². The molecule has 0 radical (unpaired) electrons. The fraction of sp³-hybridized carbons (Fsp3) is 0.250. The number of esters is 1. The molecular weight excluding hydrogens is 622 g/mol. The molecule has 0 bridgehead atoms. The van der Waals surface area contributed by atoms with Crippen LogP contribution in [0.2, 0.25) is 0 Å². The number of hydrogen-bond donors (Lipinski definition) is 2. The average molecular weight is 658 g/mol. The lowest BCUT2D eigenvalue weighted by atomic mass is 9.99. The summed E-state index contributed by atoms with van der Waals surface area (Å²) in [6, 6.07) is 15.6. The lowest BCUT2D eigenvalue weighted by Crippen LogP contribution is -2.09. The van der Waals surface area contributed by atoms with Gasteiger partial charge in [0, 0.05) is 46.0 Å². The molecule has 46 heavy (non-hydrogen) atoms. The third kappa shape index (κ3) is 5.92. The number of pyridine rings is 1. The Bertz CT molecular complexity index is 2190. The van der Waals surface area contributed by atoms with Gasteiger partial charge in [0.2, 0.25) is 0 Å². The van der Waals surface area contributed by atoms with Gasteiger partial charge in [-0.1, -0.05) is 36.7 Å². The van der Waals surface area contributed by atoms with Crippen LogP contribution in [0.1, 0.15) is 28.8 Å². The monoisotopic (exact) mass is 657 g/mol. The van der Waals surface area contributed by atoms with Gasteiger partial charge in [-0.05, 0) is 84.7 Å². The second-order valence-corrected chi connectivity index (χ2v) is 14.8. The van der Waals surface area contributed by atoms with Crippen LogP contribution in [0.3, 0.4) is 0 Å². The minimum atomic E-state index is -1.83. The van der Waals surface area contributed by atoms with E-state index in [4.69, 9.17) is 9.29 Å². The van der Waals surface area contributed by atoms with Crippen LogP contribution in [-0.4, -0.2) is 54.3 Å². The van der Waals surface area contributed by atoms with Crippen LogP contribution in [-0.2, 0) is 22.4 Å². The molecule has 7 nitrogen and oxygen atoms in total. The first kappa shape index (κ1) is 31.8. The highest BCUT2D eigenvalue weighted by atomic mass is 32.2. The fourth-order valence-corrected chi connectivity index (χ4v) is 7.50. The smallest absolute Gasteiger partial charge is 0.340 e. The highest BCUT2D eigenvalue weighted by molar-refractivity contribution is 8.13. The van der Waals surface area contributed by atoms with E-state index in [9.17, 15) is 9.00 Å². The van der Waals surface area contributed by atoms with E-state index >= 15 is 4.39 Å². The lowest BCUT2D eigenvalue weighted by Gasteiger charge is -2.14. The normalized spacial score (nSPS) is 17.2. The van der Waals surface area contributed by atoms with E-state index in [-0.39, 0.29) is 16.3 Å². The average Bonchev–Trinajstić information content (AvgIpc) is 3.49. The van der Waals surface area contributed by atoms with Crippen molar-refractivity contribution in [2.75, 3.05) is 19.1 Å². The maximum Gasteiger partial charge on any atom is 0.340 e. The molecule has 1 aliphatic rings. The Morgan fingerprint density at radius 3 is 2.57 bits per heavy atom. The number of aryl methyl sites for hydroxylation is 1. The fourth-order valence-electron chi connectivity index (χ4n) is 6.41. The van der Waals surface area contributed by atoms with E-state index in [0.717, 1.165) is 51.5 Å². The number of carbonyl (C=O) groups excluding carboxylic acids is 1. The SMILES string of the molecule is C=c1c2c[nH]c3nccc(c32)c2c1c(C(=O)OC)c(-c1ccc(C)cc1F)n2CC1CC1CCS(=C)C.O=S(O)c1ccccc1. The summed E-state index contributed by atoms with van der Waals surface area (Å²) >= 11 is -1.83. The lowest BCUT2D eigenvalue weighted by molar-refractivity contribution is 0.0603. The summed E-state index contributed by atoms with van der Waals surface area (Å²) in [5.74, 6) is 5.50. The number of halogens is 1. The molecule has 7 rings (SSSR count). The van der Waals surface area contributed by atoms with Crippen molar-refractivity contribution < 1.29 is 22.7 Å². The van der Waals surface area contributed by atoms with Gasteiger partial charge < -0.3 is 18.8 Å². The Labute approximate surface area is 271 Å². The Balaban J connectivity index is 0.000000358. The molecule has 3 aromatic carbocycles. The summed E-state index contributed by atoms with van der Waals surface area (Å²) in [4.78, 5) is 21.6. The molecule has 2 N–H and O–H groups in total. The Kier molecular flexibility index (Phi) is 8.96. The molecule has 1 saturated carbocycles. The van der Waals surface area contributed by atoms with Gasteiger partial charge in [-0.3, -0.25) is 0 Å². The quantitative estimate of drug-likeness (QED) is 0.102. The number of ether oxygens (including phenoxy) is 1.